The first-order valence-electron chi connectivity index (χ1n) is 5.03. The molecule has 0 aromatic rings. The SMILES string of the molecule is CC(NCC1CCOC1)C(C)(C)O. The van der Waals surface area contributed by atoms with E-state index >= 15 is 0 Å². The number of ether oxygens (including phenoxy) is 1. The second-order valence-corrected chi connectivity index (χ2v) is 4.51. The fourth-order valence-corrected chi connectivity index (χ4v) is 1.34. The van der Waals surface area contributed by atoms with Crippen molar-refractivity contribution in [3.8, 4) is 0 Å². The van der Waals surface area contributed by atoms with Crippen molar-refractivity contribution in [1.82, 2.24) is 5.32 Å². The second-order valence-electron chi connectivity index (χ2n) is 4.51. The Hall–Kier alpha value is -0.120. The van der Waals surface area contributed by atoms with Crippen LogP contribution in [0.15, 0.2) is 0 Å². The fraction of sp³-hybridized carbons (Fsp3) is 1.00. The predicted octanol–water partition coefficient (Wildman–Crippen LogP) is 0.772. The molecule has 0 spiro atoms. The fourth-order valence-electron chi connectivity index (χ4n) is 1.34. The van der Waals surface area contributed by atoms with E-state index in [1.807, 2.05) is 20.8 Å². The summed E-state index contributed by atoms with van der Waals surface area (Å²) >= 11 is 0. The zero-order valence-electron chi connectivity index (χ0n) is 8.84. The van der Waals surface area contributed by atoms with Crippen LogP contribution in [0, 0.1) is 5.92 Å². The maximum Gasteiger partial charge on any atom is 0.0741 e. The normalized spacial score (nSPS) is 26.3. The molecule has 1 aliphatic rings. The van der Waals surface area contributed by atoms with Gasteiger partial charge in [0.2, 0.25) is 0 Å². The highest BCUT2D eigenvalue weighted by Crippen LogP contribution is 2.13. The summed E-state index contributed by atoms with van der Waals surface area (Å²) < 4.78 is 5.27. The average Bonchev–Trinajstić information content (AvgIpc) is 2.50. The number of aliphatic hydroxyl groups is 1. The minimum Gasteiger partial charge on any atom is -0.389 e. The molecular weight excluding hydrogens is 166 g/mol. The van der Waals surface area contributed by atoms with Crippen LogP contribution < -0.4 is 5.32 Å². The minimum atomic E-state index is -0.639. The van der Waals surface area contributed by atoms with Gasteiger partial charge >= 0.3 is 0 Å². The van der Waals surface area contributed by atoms with Gasteiger partial charge in [0.1, 0.15) is 0 Å². The molecule has 1 fully saturated rings. The first kappa shape index (κ1) is 11.0. The molecule has 1 saturated heterocycles. The second kappa shape index (κ2) is 4.40. The van der Waals surface area contributed by atoms with Crippen molar-refractivity contribution >= 4 is 0 Å². The summed E-state index contributed by atoms with van der Waals surface area (Å²) in [4.78, 5) is 0. The standard InChI is InChI=1S/C10H21NO2/c1-8(10(2,3)12)11-6-9-4-5-13-7-9/h8-9,11-12H,4-7H2,1-3H3. The zero-order valence-corrected chi connectivity index (χ0v) is 8.84. The van der Waals surface area contributed by atoms with E-state index in [0.29, 0.717) is 5.92 Å². The van der Waals surface area contributed by atoms with Crippen LogP contribution >= 0.6 is 0 Å². The molecular formula is C10H21NO2. The topological polar surface area (TPSA) is 41.5 Å². The van der Waals surface area contributed by atoms with Crippen molar-refractivity contribution in [2.45, 2.75) is 38.8 Å². The van der Waals surface area contributed by atoms with E-state index in [2.05, 4.69) is 5.32 Å². The van der Waals surface area contributed by atoms with Gasteiger partial charge in [0.25, 0.3) is 0 Å². The molecule has 2 atom stereocenters. The Morgan fingerprint density at radius 2 is 2.31 bits per heavy atom. The molecule has 0 radical (unpaired) electrons. The van der Waals surface area contributed by atoms with Gasteiger partial charge in [-0.3, -0.25) is 0 Å². The summed E-state index contributed by atoms with van der Waals surface area (Å²) in [6.07, 6.45) is 1.14. The lowest BCUT2D eigenvalue weighted by Crippen LogP contribution is -2.46. The number of hydrogen-bond acceptors (Lipinski definition) is 3. The largest absolute Gasteiger partial charge is 0.389 e. The van der Waals surface area contributed by atoms with Crippen molar-refractivity contribution in [2.75, 3.05) is 19.8 Å². The maximum absolute atomic E-state index is 9.67. The van der Waals surface area contributed by atoms with Crippen molar-refractivity contribution in [3.63, 3.8) is 0 Å². The van der Waals surface area contributed by atoms with Gasteiger partial charge in [-0.2, -0.15) is 0 Å². The Labute approximate surface area is 80.5 Å². The van der Waals surface area contributed by atoms with Crippen LogP contribution in [0.5, 0.6) is 0 Å². The third-order valence-corrected chi connectivity index (χ3v) is 2.80. The molecule has 2 unspecified atom stereocenters. The quantitative estimate of drug-likeness (QED) is 0.683. The molecule has 3 nitrogen and oxygen atoms in total. The highest BCUT2D eigenvalue weighted by Gasteiger charge is 2.23. The van der Waals surface area contributed by atoms with Crippen molar-refractivity contribution in [2.24, 2.45) is 5.92 Å². The van der Waals surface area contributed by atoms with Gasteiger partial charge in [-0.1, -0.05) is 0 Å². The highest BCUT2D eigenvalue weighted by molar-refractivity contribution is 4.81. The summed E-state index contributed by atoms with van der Waals surface area (Å²) in [6, 6.07) is 0.132. The summed E-state index contributed by atoms with van der Waals surface area (Å²) in [5.74, 6) is 0.629. The lowest BCUT2D eigenvalue weighted by atomic mass is 10.00. The third kappa shape index (κ3) is 3.63. The van der Waals surface area contributed by atoms with Crippen LogP contribution in [-0.2, 0) is 4.74 Å². The minimum absolute atomic E-state index is 0.132. The van der Waals surface area contributed by atoms with Crippen LogP contribution in [-0.4, -0.2) is 36.5 Å². The van der Waals surface area contributed by atoms with E-state index in [1.165, 1.54) is 0 Å². The monoisotopic (exact) mass is 187 g/mol. The zero-order chi connectivity index (χ0) is 9.90. The summed E-state index contributed by atoms with van der Waals surface area (Å²) in [7, 11) is 0. The summed E-state index contributed by atoms with van der Waals surface area (Å²) in [5, 5.41) is 13.0. The molecule has 0 bridgehead atoms. The van der Waals surface area contributed by atoms with E-state index in [9.17, 15) is 5.11 Å². The molecule has 1 aliphatic heterocycles. The van der Waals surface area contributed by atoms with E-state index < -0.39 is 5.60 Å². The van der Waals surface area contributed by atoms with Gasteiger partial charge in [-0.05, 0) is 33.1 Å². The molecule has 0 saturated carbocycles. The first-order chi connectivity index (χ1) is 6.00. The van der Waals surface area contributed by atoms with Crippen LogP contribution in [0.4, 0.5) is 0 Å². The van der Waals surface area contributed by atoms with Crippen molar-refractivity contribution in [3.05, 3.63) is 0 Å². The average molecular weight is 187 g/mol. The van der Waals surface area contributed by atoms with Gasteiger partial charge in [0, 0.05) is 19.2 Å². The van der Waals surface area contributed by atoms with Crippen LogP contribution in [0.2, 0.25) is 0 Å². The van der Waals surface area contributed by atoms with Gasteiger partial charge in [-0.25, -0.2) is 0 Å². The van der Waals surface area contributed by atoms with Crippen LogP contribution in [0.3, 0.4) is 0 Å². The highest BCUT2D eigenvalue weighted by atomic mass is 16.5. The van der Waals surface area contributed by atoms with Crippen LogP contribution in [0.25, 0.3) is 0 Å². The molecule has 0 aromatic heterocycles. The van der Waals surface area contributed by atoms with Gasteiger partial charge in [0.05, 0.1) is 12.2 Å². The van der Waals surface area contributed by atoms with Gasteiger partial charge < -0.3 is 15.2 Å². The molecule has 13 heavy (non-hydrogen) atoms. The van der Waals surface area contributed by atoms with E-state index in [4.69, 9.17) is 4.74 Å². The Balaban J connectivity index is 2.17. The number of rotatable bonds is 4. The molecule has 1 heterocycles. The Morgan fingerprint density at radius 1 is 1.62 bits per heavy atom. The molecule has 2 N–H and O–H groups in total. The Morgan fingerprint density at radius 3 is 2.77 bits per heavy atom. The van der Waals surface area contributed by atoms with Gasteiger partial charge in [-0.15, -0.1) is 0 Å². The molecule has 0 aromatic carbocycles. The third-order valence-electron chi connectivity index (χ3n) is 2.80. The van der Waals surface area contributed by atoms with E-state index in [-0.39, 0.29) is 6.04 Å². The van der Waals surface area contributed by atoms with Crippen molar-refractivity contribution in [1.29, 1.82) is 0 Å². The molecule has 0 amide bonds. The summed E-state index contributed by atoms with van der Waals surface area (Å²) in [5.41, 5.74) is -0.639. The lowest BCUT2D eigenvalue weighted by Gasteiger charge is -2.27. The Kier molecular flexibility index (Phi) is 3.71. The smallest absolute Gasteiger partial charge is 0.0741 e. The Bertz CT molecular complexity index is 147. The molecule has 78 valence electrons. The molecule has 0 aliphatic carbocycles. The predicted molar refractivity (Wildman–Crippen MR) is 52.7 cm³/mol. The van der Waals surface area contributed by atoms with Crippen LogP contribution in [0.1, 0.15) is 27.2 Å². The van der Waals surface area contributed by atoms with E-state index in [0.717, 1.165) is 26.2 Å². The number of hydrogen-bond donors (Lipinski definition) is 2. The van der Waals surface area contributed by atoms with Gasteiger partial charge in [0.15, 0.2) is 0 Å². The lowest BCUT2D eigenvalue weighted by molar-refractivity contribution is 0.0426. The maximum atomic E-state index is 9.67. The molecule has 1 rings (SSSR count). The first-order valence-corrected chi connectivity index (χ1v) is 5.03. The molecule has 3 heteroatoms. The number of nitrogens with one attached hydrogen (secondary N) is 1. The van der Waals surface area contributed by atoms with E-state index in [1.54, 1.807) is 0 Å². The summed E-state index contributed by atoms with van der Waals surface area (Å²) in [6.45, 7) is 8.38. The van der Waals surface area contributed by atoms with Crippen molar-refractivity contribution < 1.29 is 9.84 Å².